The Labute approximate surface area is 163 Å². The lowest BCUT2D eigenvalue weighted by Crippen LogP contribution is -2.53. The standard InChI is InChI=1S/C21H21N5O2/c1-24(18-11-6-14-25(21(18)28)16-8-3-2-4-9-16)20(27)17-10-5-12-22-19(17)26-15-7-13-23-26/h2-5,7-10,12-13,15,18H,6,11,14H2,1H3. The highest BCUT2D eigenvalue weighted by molar-refractivity contribution is 6.03. The van der Waals surface area contributed by atoms with Crippen LogP contribution in [-0.2, 0) is 4.79 Å². The fourth-order valence-electron chi connectivity index (χ4n) is 3.55. The summed E-state index contributed by atoms with van der Waals surface area (Å²) in [6.45, 7) is 0.660. The van der Waals surface area contributed by atoms with E-state index < -0.39 is 6.04 Å². The van der Waals surface area contributed by atoms with Gasteiger partial charge >= 0.3 is 0 Å². The first kappa shape index (κ1) is 17.9. The third-order valence-corrected chi connectivity index (χ3v) is 5.00. The molecule has 2 amide bonds. The van der Waals surface area contributed by atoms with Gasteiger partial charge in [0, 0.05) is 37.9 Å². The molecule has 1 saturated heterocycles. The molecule has 0 radical (unpaired) electrons. The predicted molar refractivity (Wildman–Crippen MR) is 105 cm³/mol. The molecule has 142 valence electrons. The highest BCUT2D eigenvalue weighted by Crippen LogP contribution is 2.24. The van der Waals surface area contributed by atoms with Crippen molar-refractivity contribution in [3.8, 4) is 5.82 Å². The Morgan fingerprint density at radius 2 is 1.93 bits per heavy atom. The van der Waals surface area contributed by atoms with Crippen molar-refractivity contribution >= 4 is 17.5 Å². The van der Waals surface area contributed by atoms with Gasteiger partial charge in [0.1, 0.15) is 6.04 Å². The van der Waals surface area contributed by atoms with Gasteiger partial charge in [-0.05, 0) is 43.2 Å². The van der Waals surface area contributed by atoms with Crippen LogP contribution in [0.2, 0.25) is 0 Å². The van der Waals surface area contributed by atoms with Gasteiger partial charge < -0.3 is 9.80 Å². The molecule has 1 aliphatic heterocycles. The van der Waals surface area contributed by atoms with Crippen LogP contribution >= 0.6 is 0 Å². The number of amides is 2. The van der Waals surface area contributed by atoms with Crippen molar-refractivity contribution in [3.63, 3.8) is 0 Å². The summed E-state index contributed by atoms with van der Waals surface area (Å²) >= 11 is 0. The summed E-state index contributed by atoms with van der Waals surface area (Å²) in [4.78, 5) is 33.9. The van der Waals surface area contributed by atoms with Crippen molar-refractivity contribution in [2.75, 3.05) is 18.5 Å². The van der Waals surface area contributed by atoms with Crippen LogP contribution in [0.1, 0.15) is 23.2 Å². The highest BCUT2D eigenvalue weighted by Gasteiger charge is 2.35. The van der Waals surface area contributed by atoms with Gasteiger partial charge in [-0.1, -0.05) is 18.2 Å². The first-order valence-corrected chi connectivity index (χ1v) is 9.25. The summed E-state index contributed by atoms with van der Waals surface area (Å²) < 4.78 is 1.56. The summed E-state index contributed by atoms with van der Waals surface area (Å²) in [7, 11) is 1.68. The first-order valence-electron chi connectivity index (χ1n) is 9.25. The van der Waals surface area contributed by atoms with Gasteiger partial charge in [-0.25, -0.2) is 9.67 Å². The number of para-hydroxylation sites is 1. The molecule has 0 spiro atoms. The number of carbonyl (C=O) groups is 2. The maximum absolute atomic E-state index is 13.2. The van der Waals surface area contributed by atoms with E-state index in [2.05, 4.69) is 10.1 Å². The number of hydrogen-bond acceptors (Lipinski definition) is 4. The van der Waals surface area contributed by atoms with Crippen LogP contribution in [0.5, 0.6) is 0 Å². The van der Waals surface area contributed by atoms with E-state index in [0.29, 0.717) is 24.3 Å². The van der Waals surface area contributed by atoms with E-state index >= 15 is 0 Å². The third-order valence-electron chi connectivity index (χ3n) is 5.00. The van der Waals surface area contributed by atoms with E-state index in [9.17, 15) is 9.59 Å². The number of pyridine rings is 1. The number of rotatable bonds is 4. The van der Waals surface area contributed by atoms with Crippen LogP contribution < -0.4 is 4.90 Å². The molecule has 7 nitrogen and oxygen atoms in total. The van der Waals surface area contributed by atoms with E-state index in [1.54, 1.807) is 53.4 Å². The van der Waals surface area contributed by atoms with E-state index in [-0.39, 0.29) is 11.8 Å². The molecule has 3 heterocycles. The van der Waals surface area contributed by atoms with Gasteiger partial charge in [0.2, 0.25) is 5.91 Å². The number of carbonyl (C=O) groups excluding carboxylic acids is 2. The van der Waals surface area contributed by atoms with E-state index in [0.717, 1.165) is 12.1 Å². The van der Waals surface area contributed by atoms with Crippen LogP contribution in [0.3, 0.4) is 0 Å². The Balaban J connectivity index is 1.60. The lowest BCUT2D eigenvalue weighted by Gasteiger charge is -2.37. The molecule has 1 aliphatic rings. The number of nitrogens with zero attached hydrogens (tertiary/aromatic N) is 5. The number of anilines is 1. The van der Waals surface area contributed by atoms with Crippen LogP contribution in [0.25, 0.3) is 5.82 Å². The Bertz CT molecular complexity index is 971. The average Bonchev–Trinajstić information content (AvgIpc) is 3.28. The molecule has 0 saturated carbocycles. The minimum atomic E-state index is -0.507. The van der Waals surface area contributed by atoms with Gasteiger partial charge in [0.15, 0.2) is 5.82 Å². The van der Waals surface area contributed by atoms with Gasteiger partial charge in [0.25, 0.3) is 5.91 Å². The normalized spacial score (nSPS) is 16.8. The fraction of sp³-hybridized carbons (Fsp3) is 0.238. The van der Waals surface area contributed by atoms with Gasteiger partial charge in [-0.3, -0.25) is 9.59 Å². The molecule has 7 heteroatoms. The monoisotopic (exact) mass is 375 g/mol. The summed E-state index contributed by atoms with van der Waals surface area (Å²) in [5.74, 6) is 0.150. The largest absolute Gasteiger partial charge is 0.330 e. The Morgan fingerprint density at radius 1 is 1.11 bits per heavy atom. The lowest BCUT2D eigenvalue weighted by atomic mass is 10.0. The van der Waals surface area contributed by atoms with Gasteiger partial charge in [-0.15, -0.1) is 0 Å². The molecule has 0 aliphatic carbocycles. The number of piperidine rings is 1. The number of aromatic nitrogens is 3. The molecule has 0 N–H and O–H groups in total. The van der Waals surface area contributed by atoms with Crippen LogP contribution in [0.4, 0.5) is 5.69 Å². The molecule has 1 atom stereocenters. The maximum Gasteiger partial charge on any atom is 0.258 e. The quantitative estimate of drug-likeness (QED) is 0.703. The van der Waals surface area contributed by atoms with Gasteiger partial charge in [0.05, 0.1) is 5.56 Å². The molecular weight excluding hydrogens is 354 g/mol. The van der Waals surface area contributed by atoms with Crippen LogP contribution in [-0.4, -0.2) is 51.1 Å². The van der Waals surface area contributed by atoms with Crippen molar-refractivity contribution in [2.24, 2.45) is 0 Å². The van der Waals surface area contributed by atoms with E-state index in [1.165, 1.54) is 4.90 Å². The second-order valence-electron chi connectivity index (χ2n) is 6.72. The van der Waals surface area contributed by atoms with Crippen LogP contribution in [0, 0.1) is 0 Å². The molecule has 0 bridgehead atoms. The topological polar surface area (TPSA) is 71.3 Å². The fourth-order valence-corrected chi connectivity index (χ4v) is 3.55. The van der Waals surface area contributed by atoms with Crippen molar-refractivity contribution < 1.29 is 9.59 Å². The summed E-state index contributed by atoms with van der Waals surface area (Å²) in [6, 6.07) is 14.3. The molecule has 1 aromatic carbocycles. The highest BCUT2D eigenvalue weighted by atomic mass is 16.2. The second kappa shape index (κ2) is 7.64. The molecule has 3 aromatic rings. The molecular formula is C21H21N5O2. The lowest BCUT2D eigenvalue weighted by molar-refractivity contribution is -0.124. The molecule has 28 heavy (non-hydrogen) atoms. The van der Waals surface area contributed by atoms with Gasteiger partial charge in [-0.2, -0.15) is 5.10 Å². The number of likely N-dealkylation sites (N-methyl/N-ethyl adjacent to an activating group) is 1. The predicted octanol–water partition coefficient (Wildman–Crippen LogP) is 2.53. The zero-order valence-electron chi connectivity index (χ0n) is 15.6. The minimum absolute atomic E-state index is 0.0576. The number of benzene rings is 1. The van der Waals surface area contributed by atoms with E-state index in [4.69, 9.17) is 0 Å². The van der Waals surface area contributed by atoms with E-state index in [1.807, 2.05) is 30.3 Å². The zero-order chi connectivity index (χ0) is 19.5. The second-order valence-corrected chi connectivity index (χ2v) is 6.72. The molecule has 2 aromatic heterocycles. The Morgan fingerprint density at radius 3 is 2.68 bits per heavy atom. The van der Waals surface area contributed by atoms with Crippen molar-refractivity contribution in [2.45, 2.75) is 18.9 Å². The minimum Gasteiger partial charge on any atom is -0.330 e. The Kier molecular flexibility index (Phi) is 4.89. The SMILES string of the molecule is CN(C(=O)c1cccnc1-n1cccn1)C1CCCN(c2ccccc2)C1=O. The summed E-state index contributed by atoms with van der Waals surface area (Å²) in [5.41, 5.74) is 1.27. The van der Waals surface area contributed by atoms with Crippen molar-refractivity contribution in [3.05, 3.63) is 72.7 Å². The average molecular weight is 375 g/mol. The smallest absolute Gasteiger partial charge is 0.258 e. The molecule has 4 rings (SSSR count). The summed E-state index contributed by atoms with van der Waals surface area (Å²) in [5, 5.41) is 4.18. The Hall–Kier alpha value is -3.48. The summed E-state index contributed by atoms with van der Waals surface area (Å²) in [6.07, 6.45) is 6.47. The van der Waals surface area contributed by atoms with Crippen LogP contribution in [0.15, 0.2) is 67.1 Å². The first-order chi connectivity index (χ1) is 13.7. The number of hydrogen-bond donors (Lipinski definition) is 0. The molecule has 1 fully saturated rings. The molecule has 1 unspecified atom stereocenters. The van der Waals surface area contributed by atoms with Crippen molar-refractivity contribution in [1.29, 1.82) is 0 Å². The van der Waals surface area contributed by atoms with Crippen molar-refractivity contribution in [1.82, 2.24) is 19.7 Å². The third kappa shape index (κ3) is 3.26. The zero-order valence-corrected chi connectivity index (χ0v) is 15.6. The maximum atomic E-state index is 13.2.